The molecule has 0 saturated carbocycles. The average molecular weight is 270 g/mol. The Kier molecular flexibility index (Phi) is 3.28. The molecule has 1 aromatic heterocycles. The molecule has 1 aromatic carbocycles. The first-order chi connectivity index (χ1) is 9.65. The monoisotopic (exact) mass is 270 g/mol. The molecule has 0 fully saturated rings. The van der Waals surface area contributed by atoms with Crippen LogP contribution in [0.1, 0.15) is 27.3 Å². The number of carbonyl (C=O) groups is 1. The fraction of sp³-hybridized carbons (Fsp3) is 0.333. The van der Waals surface area contributed by atoms with Crippen molar-refractivity contribution in [2.75, 3.05) is 11.9 Å². The number of nitrogens with one attached hydrogen (secondary N) is 2. The Morgan fingerprint density at radius 2 is 2.30 bits per heavy atom. The lowest BCUT2D eigenvalue weighted by atomic mass is 10.1. The Labute approximate surface area is 118 Å². The molecule has 1 amide bonds. The fourth-order valence-corrected chi connectivity index (χ4v) is 2.62. The summed E-state index contributed by atoms with van der Waals surface area (Å²) in [6, 6.07) is 7.77. The topological polar surface area (TPSA) is 59.0 Å². The summed E-state index contributed by atoms with van der Waals surface area (Å²) in [6.45, 7) is 3.65. The number of fused-ring (bicyclic) bond motifs is 1. The number of amides is 1. The Morgan fingerprint density at radius 3 is 3.10 bits per heavy atom. The molecule has 0 aliphatic carbocycles. The van der Waals surface area contributed by atoms with Gasteiger partial charge in [0.1, 0.15) is 0 Å². The second kappa shape index (κ2) is 5.09. The van der Waals surface area contributed by atoms with Gasteiger partial charge < -0.3 is 10.6 Å². The van der Waals surface area contributed by atoms with Crippen LogP contribution in [0.4, 0.5) is 5.69 Å². The van der Waals surface area contributed by atoms with Gasteiger partial charge in [0.2, 0.25) is 0 Å². The van der Waals surface area contributed by atoms with Gasteiger partial charge in [-0.1, -0.05) is 12.1 Å². The van der Waals surface area contributed by atoms with Crippen molar-refractivity contribution in [2.45, 2.75) is 19.9 Å². The SMILES string of the molecule is Cc1cccc(NC(=O)c2nn(C)c3c2CNCC3)c1. The molecule has 5 heteroatoms. The number of anilines is 1. The molecule has 0 spiro atoms. The lowest BCUT2D eigenvalue weighted by molar-refractivity contribution is 0.102. The summed E-state index contributed by atoms with van der Waals surface area (Å²) in [6.07, 6.45) is 0.913. The average Bonchev–Trinajstić information content (AvgIpc) is 2.77. The largest absolute Gasteiger partial charge is 0.321 e. The van der Waals surface area contributed by atoms with E-state index in [4.69, 9.17) is 0 Å². The smallest absolute Gasteiger partial charge is 0.276 e. The van der Waals surface area contributed by atoms with Gasteiger partial charge in [-0.15, -0.1) is 0 Å². The van der Waals surface area contributed by atoms with Gasteiger partial charge in [-0.25, -0.2) is 0 Å². The van der Waals surface area contributed by atoms with Crippen molar-refractivity contribution in [3.63, 3.8) is 0 Å². The van der Waals surface area contributed by atoms with Crippen LogP contribution in [-0.4, -0.2) is 22.2 Å². The lowest BCUT2D eigenvalue weighted by Gasteiger charge is -2.14. The second-order valence-electron chi connectivity index (χ2n) is 5.15. The van der Waals surface area contributed by atoms with E-state index in [-0.39, 0.29) is 5.91 Å². The molecule has 20 heavy (non-hydrogen) atoms. The summed E-state index contributed by atoms with van der Waals surface area (Å²) in [7, 11) is 1.90. The van der Waals surface area contributed by atoms with Gasteiger partial charge in [-0.05, 0) is 24.6 Å². The maximum atomic E-state index is 12.4. The zero-order chi connectivity index (χ0) is 14.1. The number of hydrogen-bond donors (Lipinski definition) is 2. The normalized spacial score (nSPS) is 13.9. The van der Waals surface area contributed by atoms with Crippen LogP contribution in [0.15, 0.2) is 24.3 Å². The van der Waals surface area contributed by atoms with Crippen LogP contribution in [0.3, 0.4) is 0 Å². The third-order valence-electron chi connectivity index (χ3n) is 3.61. The minimum absolute atomic E-state index is 0.142. The van der Waals surface area contributed by atoms with Crippen LogP contribution in [0.25, 0.3) is 0 Å². The summed E-state index contributed by atoms with van der Waals surface area (Å²) in [5.74, 6) is -0.142. The highest BCUT2D eigenvalue weighted by molar-refractivity contribution is 6.04. The van der Waals surface area contributed by atoms with E-state index >= 15 is 0 Å². The first kappa shape index (κ1) is 12.9. The Morgan fingerprint density at radius 1 is 1.45 bits per heavy atom. The van der Waals surface area contributed by atoms with Crippen molar-refractivity contribution < 1.29 is 4.79 Å². The maximum absolute atomic E-state index is 12.4. The number of carbonyl (C=O) groups excluding carboxylic acids is 1. The van der Waals surface area contributed by atoms with Crippen LogP contribution in [-0.2, 0) is 20.0 Å². The van der Waals surface area contributed by atoms with Gasteiger partial charge >= 0.3 is 0 Å². The number of rotatable bonds is 2. The highest BCUT2D eigenvalue weighted by Gasteiger charge is 2.23. The molecule has 0 unspecified atom stereocenters. The van der Waals surface area contributed by atoms with Gasteiger partial charge in [0.25, 0.3) is 5.91 Å². The van der Waals surface area contributed by atoms with E-state index in [1.165, 1.54) is 0 Å². The van der Waals surface area contributed by atoms with E-state index in [0.29, 0.717) is 12.2 Å². The zero-order valence-corrected chi connectivity index (χ0v) is 11.7. The number of benzene rings is 1. The van der Waals surface area contributed by atoms with Crippen LogP contribution < -0.4 is 10.6 Å². The van der Waals surface area contributed by atoms with Gasteiger partial charge in [0.15, 0.2) is 5.69 Å². The minimum Gasteiger partial charge on any atom is -0.321 e. The van der Waals surface area contributed by atoms with Gasteiger partial charge in [0, 0.05) is 43.5 Å². The summed E-state index contributed by atoms with van der Waals surface area (Å²) in [5.41, 5.74) is 4.61. The molecule has 3 rings (SSSR count). The first-order valence-corrected chi connectivity index (χ1v) is 6.78. The highest BCUT2D eigenvalue weighted by Crippen LogP contribution is 2.19. The molecule has 0 radical (unpaired) electrons. The first-order valence-electron chi connectivity index (χ1n) is 6.78. The predicted octanol–water partition coefficient (Wildman–Crippen LogP) is 1.63. The third kappa shape index (κ3) is 2.32. The molecule has 0 bridgehead atoms. The fourth-order valence-electron chi connectivity index (χ4n) is 2.62. The maximum Gasteiger partial charge on any atom is 0.276 e. The molecule has 1 aliphatic heterocycles. The van der Waals surface area contributed by atoms with Crippen molar-refractivity contribution >= 4 is 11.6 Å². The second-order valence-corrected chi connectivity index (χ2v) is 5.15. The van der Waals surface area contributed by atoms with E-state index in [0.717, 1.165) is 35.5 Å². The van der Waals surface area contributed by atoms with E-state index in [2.05, 4.69) is 15.7 Å². The highest BCUT2D eigenvalue weighted by atomic mass is 16.2. The molecule has 2 heterocycles. The van der Waals surface area contributed by atoms with Gasteiger partial charge in [-0.3, -0.25) is 9.48 Å². The van der Waals surface area contributed by atoms with Gasteiger partial charge in [-0.2, -0.15) is 5.10 Å². The molecule has 1 aliphatic rings. The van der Waals surface area contributed by atoms with Crippen molar-refractivity contribution in [3.05, 3.63) is 46.8 Å². The number of aromatic nitrogens is 2. The Hall–Kier alpha value is -2.14. The molecule has 0 atom stereocenters. The van der Waals surface area contributed by atoms with Crippen LogP contribution in [0.5, 0.6) is 0 Å². The number of aryl methyl sites for hydroxylation is 2. The van der Waals surface area contributed by atoms with Crippen molar-refractivity contribution in [3.8, 4) is 0 Å². The Bertz CT molecular complexity index is 660. The predicted molar refractivity (Wildman–Crippen MR) is 77.8 cm³/mol. The quantitative estimate of drug-likeness (QED) is 0.872. The van der Waals surface area contributed by atoms with Crippen molar-refractivity contribution in [1.82, 2.24) is 15.1 Å². The molecular weight excluding hydrogens is 252 g/mol. The lowest BCUT2D eigenvalue weighted by Crippen LogP contribution is -2.26. The summed E-state index contributed by atoms with van der Waals surface area (Å²) in [5, 5.41) is 10.6. The molecular formula is C15H18N4O. The summed E-state index contributed by atoms with van der Waals surface area (Å²) >= 11 is 0. The van der Waals surface area contributed by atoms with Crippen molar-refractivity contribution in [1.29, 1.82) is 0 Å². The Balaban J connectivity index is 1.88. The molecule has 2 aromatic rings. The van der Waals surface area contributed by atoms with Gasteiger partial charge in [0.05, 0.1) is 0 Å². The molecule has 2 N–H and O–H groups in total. The van der Waals surface area contributed by atoms with E-state index in [1.807, 2.05) is 42.9 Å². The van der Waals surface area contributed by atoms with E-state index < -0.39 is 0 Å². The zero-order valence-electron chi connectivity index (χ0n) is 11.7. The summed E-state index contributed by atoms with van der Waals surface area (Å²) in [4.78, 5) is 12.4. The van der Waals surface area contributed by atoms with E-state index in [1.54, 1.807) is 0 Å². The molecule has 104 valence electrons. The molecule has 0 saturated heterocycles. The number of hydrogen-bond acceptors (Lipinski definition) is 3. The molecule has 5 nitrogen and oxygen atoms in total. The van der Waals surface area contributed by atoms with Crippen molar-refractivity contribution in [2.24, 2.45) is 7.05 Å². The standard InChI is InChI=1S/C15H18N4O/c1-10-4-3-5-11(8-10)17-15(20)14-12-9-16-7-6-13(12)19(2)18-14/h3-5,8,16H,6-7,9H2,1-2H3,(H,17,20). The third-order valence-corrected chi connectivity index (χ3v) is 3.61. The number of nitrogens with zero attached hydrogens (tertiary/aromatic N) is 2. The van der Waals surface area contributed by atoms with Crippen LogP contribution in [0.2, 0.25) is 0 Å². The minimum atomic E-state index is -0.142. The van der Waals surface area contributed by atoms with E-state index in [9.17, 15) is 4.79 Å². The van der Waals surface area contributed by atoms with Crippen LogP contribution >= 0.6 is 0 Å². The van der Waals surface area contributed by atoms with Crippen LogP contribution in [0, 0.1) is 6.92 Å². The summed E-state index contributed by atoms with van der Waals surface area (Å²) < 4.78 is 1.82.